The van der Waals surface area contributed by atoms with Gasteiger partial charge in [-0.05, 0) is 36.2 Å². The second-order valence-electron chi connectivity index (χ2n) is 5.04. The summed E-state index contributed by atoms with van der Waals surface area (Å²) in [5.41, 5.74) is 8.33. The first-order valence-electron chi connectivity index (χ1n) is 6.90. The van der Waals surface area contributed by atoms with Crippen LogP contribution in [0.3, 0.4) is 0 Å². The first-order chi connectivity index (χ1) is 10.1. The van der Waals surface area contributed by atoms with Crippen molar-refractivity contribution in [1.82, 2.24) is 0 Å². The van der Waals surface area contributed by atoms with Crippen LogP contribution < -0.4 is 15.4 Å². The number of hydrogen-bond donors (Lipinski definition) is 1. The summed E-state index contributed by atoms with van der Waals surface area (Å²) in [7, 11) is 3.57. The van der Waals surface area contributed by atoms with Gasteiger partial charge in [-0.3, -0.25) is 0 Å². The average molecular weight is 288 g/mol. The number of nitrogens with two attached hydrogens (primary N) is 1. The van der Waals surface area contributed by atoms with Gasteiger partial charge < -0.3 is 15.4 Å². The number of nitrogens with zero attached hydrogens (tertiary/aromatic N) is 1. The maximum absolute atomic E-state index is 13.8. The van der Waals surface area contributed by atoms with Crippen molar-refractivity contribution in [3.63, 3.8) is 0 Å². The molecule has 2 rings (SSSR count). The Morgan fingerprint density at radius 3 is 2.57 bits per heavy atom. The van der Waals surface area contributed by atoms with Gasteiger partial charge in [-0.25, -0.2) is 4.39 Å². The Labute approximate surface area is 125 Å². The molecule has 0 saturated heterocycles. The highest BCUT2D eigenvalue weighted by Gasteiger charge is 2.19. The van der Waals surface area contributed by atoms with Crippen molar-refractivity contribution in [2.75, 3.05) is 25.6 Å². The smallest absolute Gasteiger partial charge is 0.142 e. The van der Waals surface area contributed by atoms with Crippen LogP contribution in [0, 0.1) is 12.7 Å². The van der Waals surface area contributed by atoms with E-state index in [1.807, 2.05) is 42.3 Å². The van der Waals surface area contributed by atoms with Crippen LogP contribution in [0.2, 0.25) is 0 Å². The molecular formula is C17H21FN2O. The molecule has 4 heteroatoms. The van der Waals surface area contributed by atoms with E-state index in [2.05, 4.69) is 0 Å². The highest BCUT2D eigenvalue weighted by molar-refractivity contribution is 5.59. The summed E-state index contributed by atoms with van der Waals surface area (Å²) in [5, 5.41) is 0. The molecule has 0 heterocycles. The zero-order valence-electron chi connectivity index (χ0n) is 12.6. The molecule has 21 heavy (non-hydrogen) atoms. The molecule has 0 aliphatic rings. The van der Waals surface area contributed by atoms with Crippen LogP contribution in [-0.4, -0.2) is 20.7 Å². The minimum absolute atomic E-state index is 0.114. The molecule has 1 unspecified atom stereocenters. The lowest BCUT2D eigenvalue weighted by atomic mass is 10.0. The second-order valence-corrected chi connectivity index (χ2v) is 5.04. The molecule has 2 N–H and O–H groups in total. The summed E-state index contributed by atoms with van der Waals surface area (Å²) in [4.78, 5) is 2.02. The zero-order valence-corrected chi connectivity index (χ0v) is 12.6. The molecule has 2 aromatic carbocycles. The van der Waals surface area contributed by atoms with Gasteiger partial charge in [-0.15, -0.1) is 0 Å². The zero-order chi connectivity index (χ0) is 15.4. The van der Waals surface area contributed by atoms with Crippen molar-refractivity contribution in [1.29, 1.82) is 0 Å². The third-order valence-corrected chi connectivity index (χ3v) is 3.74. The van der Waals surface area contributed by atoms with Crippen molar-refractivity contribution in [3.05, 3.63) is 59.4 Å². The van der Waals surface area contributed by atoms with Gasteiger partial charge in [0.05, 0.1) is 18.8 Å². The van der Waals surface area contributed by atoms with Crippen LogP contribution in [0.25, 0.3) is 0 Å². The lowest BCUT2D eigenvalue weighted by molar-refractivity contribution is 0.413. The molecule has 0 amide bonds. The Hall–Kier alpha value is -2.07. The van der Waals surface area contributed by atoms with E-state index in [1.54, 1.807) is 26.2 Å². The Morgan fingerprint density at radius 1 is 1.24 bits per heavy atom. The lowest BCUT2D eigenvalue weighted by Crippen LogP contribution is -2.30. The monoisotopic (exact) mass is 288 g/mol. The molecule has 1 atom stereocenters. The Bertz CT molecular complexity index is 615. The van der Waals surface area contributed by atoms with Gasteiger partial charge in [0.1, 0.15) is 11.6 Å². The predicted octanol–water partition coefficient (Wildman–Crippen LogP) is 3.28. The highest BCUT2D eigenvalue weighted by Crippen LogP contribution is 2.32. The fraction of sp³-hybridized carbons (Fsp3) is 0.294. The minimum Gasteiger partial charge on any atom is -0.495 e. The van der Waals surface area contributed by atoms with Gasteiger partial charge >= 0.3 is 0 Å². The van der Waals surface area contributed by atoms with Crippen molar-refractivity contribution in [2.24, 2.45) is 5.73 Å². The van der Waals surface area contributed by atoms with E-state index in [0.29, 0.717) is 12.1 Å². The second kappa shape index (κ2) is 6.59. The van der Waals surface area contributed by atoms with Gasteiger partial charge in [0, 0.05) is 13.6 Å². The van der Waals surface area contributed by atoms with E-state index in [1.165, 1.54) is 0 Å². The van der Waals surface area contributed by atoms with Crippen molar-refractivity contribution in [3.8, 4) is 5.75 Å². The minimum atomic E-state index is -0.209. The molecule has 0 bridgehead atoms. The quantitative estimate of drug-likeness (QED) is 0.917. The Morgan fingerprint density at radius 2 is 1.95 bits per heavy atom. The van der Waals surface area contributed by atoms with Crippen molar-refractivity contribution < 1.29 is 9.13 Å². The molecule has 112 valence electrons. The molecule has 0 radical (unpaired) electrons. The molecule has 3 nitrogen and oxygen atoms in total. The molecule has 2 aromatic rings. The van der Waals surface area contributed by atoms with Gasteiger partial charge in [0.15, 0.2) is 0 Å². The van der Waals surface area contributed by atoms with Crippen LogP contribution in [0.5, 0.6) is 5.75 Å². The van der Waals surface area contributed by atoms with Crippen LogP contribution in [0.4, 0.5) is 10.1 Å². The van der Waals surface area contributed by atoms with Gasteiger partial charge in [0.2, 0.25) is 0 Å². The number of aryl methyl sites for hydroxylation is 1. The predicted molar refractivity (Wildman–Crippen MR) is 84.3 cm³/mol. The number of benzene rings is 2. The third kappa shape index (κ3) is 3.16. The summed E-state index contributed by atoms with van der Waals surface area (Å²) < 4.78 is 19.2. The van der Waals surface area contributed by atoms with E-state index < -0.39 is 0 Å². The lowest BCUT2D eigenvalue weighted by Gasteiger charge is -2.30. The largest absolute Gasteiger partial charge is 0.495 e. The fourth-order valence-corrected chi connectivity index (χ4v) is 2.42. The molecular weight excluding hydrogens is 267 g/mol. The van der Waals surface area contributed by atoms with Crippen LogP contribution in [0.1, 0.15) is 17.2 Å². The molecule has 0 aliphatic heterocycles. The van der Waals surface area contributed by atoms with E-state index in [0.717, 1.165) is 17.0 Å². The molecule has 0 aromatic heterocycles. The summed E-state index contributed by atoms with van der Waals surface area (Å²) in [6.45, 7) is 2.14. The fourth-order valence-electron chi connectivity index (χ4n) is 2.42. The number of rotatable bonds is 5. The molecule has 0 saturated carbocycles. The van der Waals surface area contributed by atoms with Gasteiger partial charge in [0.25, 0.3) is 0 Å². The maximum atomic E-state index is 13.8. The average Bonchev–Trinajstić information content (AvgIpc) is 2.51. The molecule has 0 fully saturated rings. The summed E-state index contributed by atoms with van der Waals surface area (Å²) in [5.74, 6) is 0.561. The first-order valence-corrected chi connectivity index (χ1v) is 6.90. The van der Waals surface area contributed by atoms with Crippen LogP contribution in [-0.2, 0) is 0 Å². The third-order valence-electron chi connectivity index (χ3n) is 3.74. The summed E-state index contributed by atoms with van der Waals surface area (Å²) in [6, 6.07) is 12.9. The number of anilines is 1. The van der Waals surface area contributed by atoms with Crippen molar-refractivity contribution >= 4 is 5.69 Å². The van der Waals surface area contributed by atoms with Crippen LogP contribution in [0.15, 0.2) is 42.5 Å². The topological polar surface area (TPSA) is 38.5 Å². The summed E-state index contributed by atoms with van der Waals surface area (Å²) in [6.07, 6.45) is 0. The van der Waals surface area contributed by atoms with E-state index >= 15 is 0 Å². The Kier molecular flexibility index (Phi) is 4.81. The van der Waals surface area contributed by atoms with Gasteiger partial charge in [-0.1, -0.05) is 24.3 Å². The Balaban J connectivity index is 2.38. The first kappa shape index (κ1) is 15.3. The summed E-state index contributed by atoms with van der Waals surface area (Å²) >= 11 is 0. The SMILES string of the molecule is COc1ccccc1N(C)C(CN)c1ccc(C)c(F)c1. The van der Waals surface area contributed by atoms with Crippen LogP contribution >= 0.6 is 0 Å². The standard InChI is InChI=1S/C17H21FN2O/c1-12-8-9-13(10-14(12)18)16(11-19)20(2)15-6-4-5-7-17(15)21-3/h4-10,16H,11,19H2,1-3H3. The molecule has 0 spiro atoms. The maximum Gasteiger partial charge on any atom is 0.142 e. The normalized spacial score (nSPS) is 12.0. The number of methoxy groups -OCH3 is 1. The number of hydrogen-bond acceptors (Lipinski definition) is 3. The van der Waals surface area contributed by atoms with Crippen molar-refractivity contribution in [2.45, 2.75) is 13.0 Å². The number of likely N-dealkylation sites (N-methyl/N-ethyl adjacent to an activating group) is 1. The van der Waals surface area contributed by atoms with E-state index in [9.17, 15) is 4.39 Å². The number of halogens is 1. The number of ether oxygens (including phenoxy) is 1. The molecule has 0 aliphatic carbocycles. The highest BCUT2D eigenvalue weighted by atomic mass is 19.1. The number of para-hydroxylation sites is 2. The van der Waals surface area contributed by atoms with E-state index in [-0.39, 0.29) is 11.9 Å². The van der Waals surface area contributed by atoms with Gasteiger partial charge in [-0.2, -0.15) is 0 Å². The van der Waals surface area contributed by atoms with E-state index in [4.69, 9.17) is 10.5 Å².